The second-order valence-electron chi connectivity index (χ2n) is 7.71. The lowest BCUT2D eigenvalue weighted by atomic mass is 10.0. The summed E-state index contributed by atoms with van der Waals surface area (Å²) in [4.78, 5) is 28.0. The van der Waals surface area contributed by atoms with Crippen molar-refractivity contribution in [2.45, 2.75) is 25.3 Å². The van der Waals surface area contributed by atoms with Gasteiger partial charge in [-0.15, -0.1) is 0 Å². The molecule has 1 N–H and O–H groups in total. The second kappa shape index (κ2) is 10.8. The molecule has 1 fully saturated rings. The van der Waals surface area contributed by atoms with E-state index in [0.717, 1.165) is 37.1 Å². The summed E-state index contributed by atoms with van der Waals surface area (Å²) < 4.78 is 5.34. The molecule has 0 bridgehead atoms. The summed E-state index contributed by atoms with van der Waals surface area (Å²) >= 11 is 12.1. The third kappa shape index (κ3) is 6.60. The van der Waals surface area contributed by atoms with Crippen molar-refractivity contribution in [1.29, 1.82) is 0 Å². The van der Waals surface area contributed by atoms with Crippen molar-refractivity contribution in [2.24, 2.45) is 0 Å². The Labute approximate surface area is 192 Å². The molecule has 6 nitrogen and oxygen atoms in total. The van der Waals surface area contributed by atoms with E-state index in [1.165, 1.54) is 0 Å². The van der Waals surface area contributed by atoms with Crippen LogP contribution in [0.1, 0.15) is 30.0 Å². The molecule has 1 aliphatic heterocycles. The molecule has 1 heterocycles. The Hall–Kier alpha value is -2.28. The Bertz CT molecular complexity index is 932. The molecular weight excluding hydrogens is 439 g/mol. The van der Waals surface area contributed by atoms with Crippen molar-refractivity contribution in [2.75, 3.05) is 33.3 Å². The number of carbonyl (C=O) groups is 2. The molecule has 2 aromatic carbocycles. The maximum absolute atomic E-state index is 13.1. The summed E-state index contributed by atoms with van der Waals surface area (Å²) in [6.45, 7) is 2.29. The zero-order valence-corrected chi connectivity index (χ0v) is 18.9. The Morgan fingerprint density at radius 1 is 1.13 bits per heavy atom. The summed E-state index contributed by atoms with van der Waals surface area (Å²) in [6, 6.07) is 12.3. The monoisotopic (exact) mass is 464 g/mol. The molecule has 1 saturated heterocycles. The van der Waals surface area contributed by atoms with Gasteiger partial charge in [0.2, 0.25) is 5.91 Å². The van der Waals surface area contributed by atoms with Gasteiger partial charge >= 0.3 is 5.97 Å². The number of amides is 1. The van der Waals surface area contributed by atoms with Gasteiger partial charge in [-0.3, -0.25) is 4.79 Å². The SMILES string of the molecule is CN(C(=O)Cc1ccc(Cl)c(Cl)c1)[C@H](CN1CCCC1)c1cccc(OCC(=O)O)c1. The first-order valence-electron chi connectivity index (χ1n) is 10.2. The fourth-order valence-corrected chi connectivity index (χ4v) is 4.06. The predicted octanol–water partition coefficient (Wildman–Crippen LogP) is 4.29. The number of nitrogens with zero attached hydrogens (tertiary/aromatic N) is 2. The number of hydrogen-bond donors (Lipinski definition) is 1. The minimum atomic E-state index is -1.03. The standard InChI is InChI=1S/C23H26Cl2N2O4/c1-26(22(28)12-16-7-8-19(24)20(25)11-16)21(14-27-9-2-3-10-27)17-5-4-6-18(13-17)31-15-23(29)30/h4-8,11,13,21H,2-3,9-10,12,14-15H2,1H3,(H,29,30)/t21-/m1/s1. The highest BCUT2D eigenvalue weighted by Crippen LogP contribution is 2.28. The van der Waals surface area contributed by atoms with Crippen LogP contribution < -0.4 is 4.74 Å². The van der Waals surface area contributed by atoms with Crippen molar-refractivity contribution in [3.63, 3.8) is 0 Å². The minimum Gasteiger partial charge on any atom is -0.482 e. The molecule has 0 aliphatic carbocycles. The van der Waals surface area contributed by atoms with Crippen LogP contribution >= 0.6 is 23.2 Å². The van der Waals surface area contributed by atoms with E-state index in [2.05, 4.69) is 4.90 Å². The van der Waals surface area contributed by atoms with E-state index < -0.39 is 12.6 Å². The highest BCUT2D eigenvalue weighted by atomic mass is 35.5. The van der Waals surface area contributed by atoms with Crippen molar-refractivity contribution < 1.29 is 19.4 Å². The number of ether oxygens (including phenoxy) is 1. The fourth-order valence-electron chi connectivity index (χ4n) is 3.74. The van der Waals surface area contributed by atoms with Crippen molar-refractivity contribution in [1.82, 2.24) is 9.80 Å². The molecule has 31 heavy (non-hydrogen) atoms. The number of aliphatic carboxylic acids is 1. The largest absolute Gasteiger partial charge is 0.482 e. The van der Waals surface area contributed by atoms with E-state index >= 15 is 0 Å². The lowest BCUT2D eigenvalue weighted by molar-refractivity contribution is -0.139. The van der Waals surface area contributed by atoms with Crippen LogP contribution in [0.5, 0.6) is 5.75 Å². The first kappa shape index (κ1) is 23.4. The molecule has 166 valence electrons. The molecule has 3 rings (SSSR count). The number of hydrogen-bond acceptors (Lipinski definition) is 4. The first-order chi connectivity index (χ1) is 14.8. The molecule has 1 aliphatic rings. The van der Waals surface area contributed by atoms with Crippen molar-refractivity contribution in [3.8, 4) is 5.75 Å². The summed E-state index contributed by atoms with van der Waals surface area (Å²) in [5.41, 5.74) is 1.70. The highest BCUT2D eigenvalue weighted by molar-refractivity contribution is 6.42. The summed E-state index contributed by atoms with van der Waals surface area (Å²) in [5.74, 6) is -0.607. The second-order valence-corrected chi connectivity index (χ2v) is 8.52. The lowest BCUT2D eigenvalue weighted by Crippen LogP contribution is -2.39. The van der Waals surface area contributed by atoms with Crippen LogP contribution in [0.2, 0.25) is 10.0 Å². The molecule has 2 aromatic rings. The Morgan fingerprint density at radius 2 is 1.87 bits per heavy atom. The molecular formula is C23H26Cl2N2O4. The van der Waals surface area contributed by atoms with Gasteiger partial charge in [-0.2, -0.15) is 0 Å². The average Bonchev–Trinajstić information content (AvgIpc) is 3.26. The maximum Gasteiger partial charge on any atom is 0.341 e. The maximum atomic E-state index is 13.1. The molecule has 0 aromatic heterocycles. The number of halogens is 2. The highest BCUT2D eigenvalue weighted by Gasteiger charge is 2.26. The molecule has 8 heteroatoms. The van der Waals surface area contributed by atoms with Gasteiger partial charge in [0.25, 0.3) is 0 Å². The van der Waals surface area contributed by atoms with Gasteiger partial charge in [0, 0.05) is 13.6 Å². The smallest absolute Gasteiger partial charge is 0.341 e. The van der Waals surface area contributed by atoms with Crippen molar-refractivity contribution >= 4 is 35.1 Å². The van der Waals surface area contributed by atoms with Crippen molar-refractivity contribution in [3.05, 3.63) is 63.6 Å². The Balaban J connectivity index is 1.80. The van der Waals surface area contributed by atoms with Gasteiger partial charge in [-0.1, -0.05) is 41.4 Å². The summed E-state index contributed by atoms with van der Waals surface area (Å²) in [5, 5.41) is 9.76. The van der Waals surface area contributed by atoms with E-state index in [4.69, 9.17) is 33.0 Å². The Kier molecular flexibility index (Phi) is 8.18. The van der Waals surface area contributed by atoms with Crippen LogP contribution in [-0.2, 0) is 16.0 Å². The van der Waals surface area contributed by atoms with Gasteiger partial charge in [0.05, 0.1) is 22.5 Å². The number of likely N-dealkylation sites (tertiary alicyclic amines) is 1. The molecule has 0 saturated carbocycles. The van der Waals surface area contributed by atoms with Crippen LogP contribution in [0.25, 0.3) is 0 Å². The number of carboxylic acids is 1. The zero-order valence-electron chi connectivity index (χ0n) is 17.4. The summed E-state index contributed by atoms with van der Waals surface area (Å²) in [6.07, 6.45) is 2.50. The van der Waals surface area contributed by atoms with Gasteiger partial charge in [0.1, 0.15) is 5.75 Å². The average molecular weight is 465 g/mol. The Morgan fingerprint density at radius 3 is 2.55 bits per heavy atom. The number of carboxylic acid groups (broad SMARTS) is 1. The van der Waals surface area contributed by atoms with E-state index in [0.29, 0.717) is 22.3 Å². The number of rotatable bonds is 9. The van der Waals surface area contributed by atoms with E-state index in [-0.39, 0.29) is 18.4 Å². The molecule has 0 radical (unpaired) electrons. The predicted molar refractivity (Wildman–Crippen MR) is 121 cm³/mol. The summed E-state index contributed by atoms with van der Waals surface area (Å²) in [7, 11) is 1.80. The fraction of sp³-hybridized carbons (Fsp3) is 0.391. The lowest BCUT2D eigenvalue weighted by Gasteiger charge is -2.32. The van der Waals surface area contributed by atoms with Crippen LogP contribution in [0, 0.1) is 0 Å². The van der Waals surface area contributed by atoms with Gasteiger partial charge in [-0.25, -0.2) is 4.79 Å². The molecule has 0 unspecified atom stereocenters. The van der Waals surface area contributed by atoms with Crippen LogP contribution in [-0.4, -0.2) is 60.1 Å². The number of benzene rings is 2. The van der Waals surface area contributed by atoms with E-state index in [9.17, 15) is 9.59 Å². The van der Waals surface area contributed by atoms with Crippen LogP contribution in [0.3, 0.4) is 0 Å². The quantitative estimate of drug-likeness (QED) is 0.598. The van der Waals surface area contributed by atoms with Crippen LogP contribution in [0.15, 0.2) is 42.5 Å². The van der Waals surface area contributed by atoms with Gasteiger partial charge in [0.15, 0.2) is 6.61 Å². The number of likely N-dealkylation sites (N-methyl/N-ethyl adjacent to an activating group) is 1. The third-order valence-electron chi connectivity index (χ3n) is 5.44. The normalized spacial score (nSPS) is 14.9. The van der Waals surface area contributed by atoms with Gasteiger partial charge < -0.3 is 19.6 Å². The molecule has 1 amide bonds. The first-order valence-corrected chi connectivity index (χ1v) is 11.0. The topological polar surface area (TPSA) is 70.1 Å². The third-order valence-corrected chi connectivity index (χ3v) is 6.17. The number of carbonyl (C=O) groups excluding carboxylic acids is 1. The van der Waals surface area contributed by atoms with Gasteiger partial charge in [-0.05, 0) is 61.3 Å². The molecule has 0 spiro atoms. The van der Waals surface area contributed by atoms with E-state index in [1.54, 1.807) is 36.2 Å². The zero-order chi connectivity index (χ0) is 22.4. The minimum absolute atomic E-state index is 0.0422. The van der Waals surface area contributed by atoms with E-state index in [1.807, 2.05) is 18.2 Å². The molecule has 1 atom stereocenters. The van der Waals surface area contributed by atoms with Crippen LogP contribution in [0.4, 0.5) is 0 Å².